The van der Waals surface area contributed by atoms with Crippen LogP contribution in [0.2, 0.25) is 0 Å². The lowest BCUT2D eigenvalue weighted by atomic mass is 10.2. The fraction of sp³-hybridized carbons (Fsp3) is 0.111. The van der Waals surface area contributed by atoms with Crippen LogP contribution in [0.1, 0.15) is 11.1 Å². The molecular weight excluding hydrogens is 386 g/mol. The fourth-order valence-electron chi connectivity index (χ4n) is 2.28. The zero-order valence-electron chi connectivity index (χ0n) is 13.9. The lowest BCUT2D eigenvalue weighted by molar-refractivity contribution is -0.138. The van der Waals surface area contributed by atoms with E-state index in [0.29, 0.717) is 5.69 Å². The summed E-state index contributed by atoms with van der Waals surface area (Å²) in [7, 11) is 0. The molecular formula is C18H12F6N4. The topological polar surface area (TPSA) is 49.8 Å². The molecule has 0 spiro atoms. The molecule has 0 saturated heterocycles. The quantitative estimate of drug-likeness (QED) is 0.529. The van der Waals surface area contributed by atoms with Crippen LogP contribution in [0.4, 0.5) is 49.5 Å². The molecule has 0 atom stereocenters. The third-order valence-electron chi connectivity index (χ3n) is 3.59. The van der Waals surface area contributed by atoms with Gasteiger partial charge in [-0.05, 0) is 48.5 Å². The Labute approximate surface area is 155 Å². The highest BCUT2D eigenvalue weighted by molar-refractivity contribution is 5.60. The van der Waals surface area contributed by atoms with Crippen LogP contribution < -0.4 is 10.6 Å². The summed E-state index contributed by atoms with van der Waals surface area (Å²) in [6.07, 6.45) is -7.56. The molecule has 4 nitrogen and oxygen atoms in total. The molecule has 0 radical (unpaired) electrons. The van der Waals surface area contributed by atoms with Crippen molar-refractivity contribution in [2.45, 2.75) is 12.4 Å². The Morgan fingerprint density at radius 1 is 0.679 bits per heavy atom. The van der Waals surface area contributed by atoms with Crippen molar-refractivity contribution in [1.29, 1.82) is 0 Å². The lowest BCUT2D eigenvalue weighted by Gasteiger charge is -2.11. The normalized spacial score (nSPS) is 11.9. The molecule has 10 heteroatoms. The van der Waals surface area contributed by atoms with E-state index in [0.717, 1.165) is 24.3 Å². The molecule has 3 aromatic rings. The summed E-state index contributed by atoms with van der Waals surface area (Å²) in [5.74, 6) is 0.278. The molecule has 2 aromatic carbocycles. The molecule has 1 aromatic heterocycles. The molecule has 28 heavy (non-hydrogen) atoms. The van der Waals surface area contributed by atoms with Crippen LogP contribution in [0.25, 0.3) is 0 Å². The highest BCUT2D eigenvalue weighted by Gasteiger charge is 2.31. The Bertz CT molecular complexity index is 951. The maximum absolute atomic E-state index is 12.8. The SMILES string of the molecule is FC(F)(F)c1ccc(Nc2nccc(Nc3cccc(C(F)(F)F)c3)n2)cc1. The van der Waals surface area contributed by atoms with Gasteiger partial charge in [0.15, 0.2) is 0 Å². The minimum Gasteiger partial charge on any atom is -0.340 e. The lowest BCUT2D eigenvalue weighted by Crippen LogP contribution is -2.06. The first kappa shape index (κ1) is 19.5. The van der Waals surface area contributed by atoms with Crippen LogP contribution in [-0.4, -0.2) is 9.97 Å². The number of halogens is 6. The zero-order valence-corrected chi connectivity index (χ0v) is 13.9. The van der Waals surface area contributed by atoms with Crippen LogP contribution in [0.3, 0.4) is 0 Å². The van der Waals surface area contributed by atoms with Gasteiger partial charge in [0.25, 0.3) is 0 Å². The van der Waals surface area contributed by atoms with Gasteiger partial charge in [0.2, 0.25) is 5.95 Å². The Morgan fingerprint density at radius 3 is 2.00 bits per heavy atom. The van der Waals surface area contributed by atoms with Gasteiger partial charge in [-0.1, -0.05) is 6.07 Å². The van der Waals surface area contributed by atoms with Crippen molar-refractivity contribution in [3.8, 4) is 0 Å². The number of aromatic nitrogens is 2. The molecule has 146 valence electrons. The molecule has 0 aliphatic rings. The summed E-state index contributed by atoms with van der Waals surface area (Å²) in [4.78, 5) is 8.03. The predicted molar refractivity (Wildman–Crippen MR) is 91.5 cm³/mol. The first-order chi connectivity index (χ1) is 13.1. The number of benzene rings is 2. The number of nitrogens with one attached hydrogen (secondary N) is 2. The second-order valence-corrected chi connectivity index (χ2v) is 5.67. The van der Waals surface area contributed by atoms with Crippen LogP contribution in [0.5, 0.6) is 0 Å². The number of hydrogen-bond acceptors (Lipinski definition) is 4. The summed E-state index contributed by atoms with van der Waals surface area (Å²) in [6, 6.07) is 10.3. The number of anilines is 4. The molecule has 0 amide bonds. The maximum atomic E-state index is 12.8. The molecule has 0 fully saturated rings. The van der Waals surface area contributed by atoms with E-state index in [2.05, 4.69) is 20.6 Å². The Balaban J connectivity index is 1.74. The van der Waals surface area contributed by atoms with E-state index in [1.165, 1.54) is 36.5 Å². The van der Waals surface area contributed by atoms with Gasteiger partial charge in [-0.3, -0.25) is 0 Å². The Kier molecular flexibility index (Phi) is 5.12. The van der Waals surface area contributed by atoms with E-state index in [4.69, 9.17) is 0 Å². The van der Waals surface area contributed by atoms with Crippen LogP contribution >= 0.6 is 0 Å². The molecule has 2 N–H and O–H groups in total. The van der Waals surface area contributed by atoms with Gasteiger partial charge in [-0.15, -0.1) is 0 Å². The van der Waals surface area contributed by atoms with Crippen LogP contribution in [0.15, 0.2) is 60.8 Å². The minimum absolute atomic E-state index is 0.0664. The van der Waals surface area contributed by atoms with Gasteiger partial charge in [-0.25, -0.2) is 4.98 Å². The van der Waals surface area contributed by atoms with E-state index in [1.807, 2.05) is 0 Å². The summed E-state index contributed by atoms with van der Waals surface area (Å²) in [5, 5.41) is 5.47. The number of rotatable bonds is 4. The zero-order chi connectivity index (χ0) is 20.4. The number of nitrogens with zero attached hydrogens (tertiary/aromatic N) is 2. The third kappa shape index (κ3) is 4.90. The molecule has 0 saturated carbocycles. The van der Waals surface area contributed by atoms with Crippen molar-refractivity contribution < 1.29 is 26.3 Å². The molecule has 1 heterocycles. The highest BCUT2D eigenvalue weighted by Crippen LogP contribution is 2.32. The van der Waals surface area contributed by atoms with Gasteiger partial charge in [0, 0.05) is 17.6 Å². The van der Waals surface area contributed by atoms with Crippen molar-refractivity contribution in [2.75, 3.05) is 10.6 Å². The van der Waals surface area contributed by atoms with Gasteiger partial charge in [-0.2, -0.15) is 31.3 Å². The summed E-state index contributed by atoms with van der Waals surface area (Å²) >= 11 is 0. The van der Waals surface area contributed by atoms with Crippen molar-refractivity contribution in [1.82, 2.24) is 9.97 Å². The summed E-state index contributed by atoms with van der Waals surface area (Å²) in [6.45, 7) is 0. The largest absolute Gasteiger partial charge is 0.416 e. The number of hydrogen-bond donors (Lipinski definition) is 2. The van der Waals surface area contributed by atoms with E-state index in [9.17, 15) is 26.3 Å². The summed E-state index contributed by atoms with van der Waals surface area (Å²) < 4.78 is 76.1. The van der Waals surface area contributed by atoms with E-state index in [-0.39, 0.29) is 17.5 Å². The van der Waals surface area contributed by atoms with Gasteiger partial charge in [0.1, 0.15) is 5.82 Å². The van der Waals surface area contributed by atoms with Crippen molar-refractivity contribution in [3.63, 3.8) is 0 Å². The molecule has 3 rings (SSSR count). The summed E-state index contributed by atoms with van der Waals surface area (Å²) in [5.41, 5.74) is -1.10. The maximum Gasteiger partial charge on any atom is 0.416 e. The second-order valence-electron chi connectivity index (χ2n) is 5.67. The van der Waals surface area contributed by atoms with Crippen LogP contribution in [-0.2, 0) is 12.4 Å². The predicted octanol–water partition coefficient (Wildman–Crippen LogP) is 6.00. The second kappa shape index (κ2) is 7.37. The van der Waals surface area contributed by atoms with Gasteiger partial charge < -0.3 is 10.6 Å². The van der Waals surface area contributed by atoms with E-state index >= 15 is 0 Å². The molecule has 0 unspecified atom stereocenters. The van der Waals surface area contributed by atoms with Gasteiger partial charge >= 0.3 is 12.4 Å². The molecule has 0 bridgehead atoms. The number of alkyl halides is 6. The minimum atomic E-state index is -4.47. The van der Waals surface area contributed by atoms with E-state index in [1.54, 1.807) is 0 Å². The fourth-order valence-corrected chi connectivity index (χ4v) is 2.28. The van der Waals surface area contributed by atoms with Crippen molar-refractivity contribution in [2.24, 2.45) is 0 Å². The van der Waals surface area contributed by atoms with Crippen molar-refractivity contribution >= 4 is 23.1 Å². The average Bonchev–Trinajstić information content (AvgIpc) is 2.61. The monoisotopic (exact) mass is 398 g/mol. The Morgan fingerprint density at radius 2 is 1.36 bits per heavy atom. The van der Waals surface area contributed by atoms with Crippen molar-refractivity contribution in [3.05, 3.63) is 71.9 Å². The molecule has 0 aliphatic carbocycles. The first-order valence-electron chi connectivity index (χ1n) is 7.83. The highest BCUT2D eigenvalue weighted by atomic mass is 19.4. The van der Waals surface area contributed by atoms with E-state index < -0.39 is 23.5 Å². The third-order valence-corrected chi connectivity index (χ3v) is 3.59. The van der Waals surface area contributed by atoms with Crippen LogP contribution in [0, 0.1) is 0 Å². The Hall–Kier alpha value is -3.30. The molecule has 0 aliphatic heterocycles. The smallest absolute Gasteiger partial charge is 0.340 e. The standard InChI is InChI=1S/C18H12F6N4/c19-17(20,21)11-4-6-13(7-5-11)27-16-25-9-8-15(28-16)26-14-3-1-2-12(10-14)18(22,23)24/h1-10H,(H2,25,26,27,28). The first-order valence-corrected chi connectivity index (χ1v) is 7.83. The van der Waals surface area contributed by atoms with Gasteiger partial charge in [0.05, 0.1) is 11.1 Å². The average molecular weight is 398 g/mol.